The first-order chi connectivity index (χ1) is 6.16. The fourth-order valence-electron chi connectivity index (χ4n) is 2.25. The normalized spacial score (nSPS) is 13.0. The summed E-state index contributed by atoms with van der Waals surface area (Å²) < 4.78 is 0. The molecule has 0 aromatic heterocycles. The maximum Gasteiger partial charge on any atom is -0.0271 e. The van der Waals surface area contributed by atoms with E-state index in [9.17, 15) is 0 Å². The second kappa shape index (κ2) is 5.00. The van der Waals surface area contributed by atoms with Gasteiger partial charge in [-0.25, -0.2) is 0 Å². The lowest BCUT2D eigenvalue weighted by atomic mass is 9.78. The van der Waals surface area contributed by atoms with E-state index in [2.05, 4.69) is 48.1 Å². The summed E-state index contributed by atoms with van der Waals surface area (Å²) in [5, 5.41) is 0. The minimum absolute atomic E-state index is 0.388. The van der Waals surface area contributed by atoms with E-state index in [0.29, 0.717) is 10.8 Å². The van der Waals surface area contributed by atoms with Gasteiger partial charge in [0, 0.05) is 0 Å². The molecule has 84 valence electrons. The Balaban J connectivity index is 4.06. The molecular formula is C14H28. The zero-order chi connectivity index (χ0) is 11.4. The summed E-state index contributed by atoms with van der Waals surface area (Å²) in [6.07, 6.45) is 4.91. The Hall–Kier alpha value is -0.260. The summed E-state index contributed by atoms with van der Waals surface area (Å²) in [7, 11) is 0. The first-order valence-corrected chi connectivity index (χ1v) is 5.83. The summed E-state index contributed by atoms with van der Waals surface area (Å²) >= 11 is 0. The molecule has 0 aromatic rings. The highest BCUT2D eigenvalue weighted by molar-refractivity contribution is 5.01. The van der Waals surface area contributed by atoms with Crippen LogP contribution in [0.1, 0.15) is 67.2 Å². The van der Waals surface area contributed by atoms with Crippen molar-refractivity contribution in [3.05, 3.63) is 12.2 Å². The van der Waals surface area contributed by atoms with E-state index in [1.165, 1.54) is 24.8 Å². The Morgan fingerprint density at radius 1 is 1.00 bits per heavy atom. The van der Waals surface area contributed by atoms with Crippen molar-refractivity contribution in [2.24, 2.45) is 10.8 Å². The number of hydrogen-bond acceptors (Lipinski definition) is 0. The van der Waals surface area contributed by atoms with E-state index >= 15 is 0 Å². The Labute approximate surface area is 90.8 Å². The molecule has 0 heterocycles. The van der Waals surface area contributed by atoms with Crippen LogP contribution in [-0.2, 0) is 0 Å². The summed E-state index contributed by atoms with van der Waals surface area (Å²) in [6, 6.07) is 0. The number of allylic oxidation sites excluding steroid dienone is 1. The Kier molecular flexibility index (Phi) is 4.91. The van der Waals surface area contributed by atoms with Crippen LogP contribution in [0.2, 0.25) is 0 Å². The third kappa shape index (κ3) is 7.17. The molecule has 0 heteroatoms. The number of hydrogen-bond donors (Lipinski definition) is 0. The fraction of sp³-hybridized carbons (Fsp3) is 0.857. The zero-order valence-corrected chi connectivity index (χ0v) is 11.0. The van der Waals surface area contributed by atoms with Crippen molar-refractivity contribution < 1.29 is 0 Å². The molecule has 0 aromatic carbocycles. The molecule has 0 saturated carbocycles. The molecule has 0 aliphatic carbocycles. The molecule has 0 atom stereocenters. The van der Waals surface area contributed by atoms with E-state index < -0.39 is 0 Å². The van der Waals surface area contributed by atoms with Gasteiger partial charge >= 0.3 is 0 Å². The number of rotatable bonds is 5. The van der Waals surface area contributed by atoms with Crippen LogP contribution in [0.3, 0.4) is 0 Å². The average Bonchev–Trinajstić information content (AvgIpc) is 1.78. The minimum atomic E-state index is 0.388. The van der Waals surface area contributed by atoms with Gasteiger partial charge in [0.15, 0.2) is 0 Å². The molecule has 0 radical (unpaired) electrons. The Bertz CT molecular complexity index is 179. The maximum absolute atomic E-state index is 4.21. The lowest BCUT2D eigenvalue weighted by molar-refractivity contribution is 0.309. The molecule has 0 N–H and O–H groups in total. The van der Waals surface area contributed by atoms with E-state index in [-0.39, 0.29) is 0 Å². The van der Waals surface area contributed by atoms with Gasteiger partial charge in [-0.15, -0.1) is 0 Å². The molecule has 0 aliphatic rings. The van der Waals surface area contributed by atoms with Crippen LogP contribution in [0.25, 0.3) is 0 Å². The topological polar surface area (TPSA) is 0 Å². The first kappa shape index (κ1) is 13.7. The molecule has 0 nitrogen and oxygen atoms in total. The quantitative estimate of drug-likeness (QED) is 0.530. The minimum Gasteiger partial charge on any atom is -0.0998 e. The second-order valence-electron chi connectivity index (χ2n) is 6.58. The molecule has 14 heavy (non-hydrogen) atoms. The van der Waals surface area contributed by atoms with E-state index in [4.69, 9.17) is 0 Å². The molecule has 0 bridgehead atoms. The largest absolute Gasteiger partial charge is 0.0998 e. The van der Waals surface area contributed by atoms with Crippen molar-refractivity contribution >= 4 is 0 Å². The third-order valence-corrected chi connectivity index (χ3v) is 2.44. The third-order valence-electron chi connectivity index (χ3n) is 2.44. The highest BCUT2D eigenvalue weighted by Gasteiger charge is 2.20. The zero-order valence-electron chi connectivity index (χ0n) is 11.0. The predicted molar refractivity (Wildman–Crippen MR) is 66.5 cm³/mol. The first-order valence-electron chi connectivity index (χ1n) is 5.83. The van der Waals surface area contributed by atoms with Crippen LogP contribution in [-0.4, -0.2) is 0 Å². The molecular weight excluding hydrogens is 168 g/mol. The molecule has 0 spiro atoms. The van der Waals surface area contributed by atoms with Gasteiger partial charge in [-0.2, -0.15) is 0 Å². The standard InChI is InChI=1S/C14H28/c1-8-9-14(6,7)11-12(2)10-13(3,4)5/h2,8-11H2,1,3-7H3. The van der Waals surface area contributed by atoms with Gasteiger partial charge in [-0.1, -0.05) is 60.1 Å². The summed E-state index contributed by atoms with van der Waals surface area (Å²) in [4.78, 5) is 0. The van der Waals surface area contributed by atoms with Gasteiger partial charge in [0.2, 0.25) is 0 Å². The average molecular weight is 196 g/mol. The van der Waals surface area contributed by atoms with E-state index in [1.54, 1.807) is 0 Å². The van der Waals surface area contributed by atoms with Crippen LogP contribution in [0.4, 0.5) is 0 Å². The molecule has 0 rings (SSSR count). The second-order valence-corrected chi connectivity index (χ2v) is 6.58. The smallest absolute Gasteiger partial charge is 0.0271 e. The van der Waals surface area contributed by atoms with Crippen molar-refractivity contribution in [3.63, 3.8) is 0 Å². The van der Waals surface area contributed by atoms with Crippen molar-refractivity contribution in [2.75, 3.05) is 0 Å². The van der Waals surface area contributed by atoms with Crippen LogP contribution in [0, 0.1) is 10.8 Å². The van der Waals surface area contributed by atoms with Crippen LogP contribution >= 0.6 is 0 Å². The Morgan fingerprint density at radius 3 is 1.86 bits per heavy atom. The van der Waals surface area contributed by atoms with Gasteiger partial charge in [0.1, 0.15) is 0 Å². The monoisotopic (exact) mass is 196 g/mol. The van der Waals surface area contributed by atoms with E-state index in [0.717, 1.165) is 6.42 Å². The molecule has 0 fully saturated rings. The SMILES string of the molecule is C=C(CC(C)(C)C)CC(C)(C)CCC. The van der Waals surface area contributed by atoms with Crippen LogP contribution < -0.4 is 0 Å². The van der Waals surface area contributed by atoms with Gasteiger partial charge in [-0.05, 0) is 30.1 Å². The predicted octanol–water partition coefficient (Wildman–Crippen LogP) is 5.20. The van der Waals surface area contributed by atoms with Gasteiger partial charge in [-0.3, -0.25) is 0 Å². The van der Waals surface area contributed by atoms with Crippen molar-refractivity contribution in [1.29, 1.82) is 0 Å². The van der Waals surface area contributed by atoms with Crippen molar-refractivity contribution in [1.82, 2.24) is 0 Å². The van der Waals surface area contributed by atoms with Gasteiger partial charge in [0.05, 0.1) is 0 Å². The summed E-state index contributed by atoms with van der Waals surface area (Å²) in [6.45, 7) is 18.0. The highest BCUT2D eigenvalue weighted by atomic mass is 14.3. The van der Waals surface area contributed by atoms with E-state index in [1.807, 2.05) is 0 Å². The van der Waals surface area contributed by atoms with Crippen molar-refractivity contribution in [3.8, 4) is 0 Å². The lowest BCUT2D eigenvalue weighted by Crippen LogP contribution is -2.14. The maximum atomic E-state index is 4.21. The summed E-state index contributed by atoms with van der Waals surface area (Å²) in [5.74, 6) is 0. The van der Waals surface area contributed by atoms with Gasteiger partial charge in [0.25, 0.3) is 0 Å². The van der Waals surface area contributed by atoms with Crippen LogP contribution in [0.5, 0.6) is 0 Å². The molecule has 0 aliphatic heterocycles. The van der Waals surface area contributed by atoms with Gasteiger partial charge < -0.3 is 0 Å². The fourth-order valence-corrected chi connectivity index (χ4v) is 2.25. The molecule has 0 amide bonds. The summed E-state index contributed by atoms with van der Waals surface area (Å²) in [5.41, 5.74) is 2.24. The molecule has 0 saturated heterocycles. The molecule has 0 unspecified atom stereocenters. The Morgan fingerprint density at radius 2 is 1.50 bits per heavy atom. The van der Waals surface area contributed by atoms with Crippen molar-refractivity contribution in [2.45, 2.75) is 67.2 Å². The highest BCUT2D eigenvalue weighted by Crippen LogP contribution is 2.34. The lowest BCUT2D eigenvalue weighted by Gasteiger charge is -2.28. The van der Waals surface area contributed by atoms with Crippen LogP contribution in [0.15, 0.2) is 12.2 Å².